The van der Waals surface area contributed by atoms with Gasteiger partial charge in [0.1, 0.15) is 6.10 Å². The molecule has 2 unspecified atom stereocenters. The van der Waals surface area contributed by atoms with Gasteiger partial charge in [-0.25, -0.2) is 0 Å². The fraction of sp³-hybridized carbons (Fsp3) is 0.857. The number of aliphatic hydroxyl groups excluding tert-OH is 1. The van der Waals surface area contributed by atoms with E-state index in [1.807, 2.05) is 0 Å². The molecule has 1 rings (SSSR count). The molecule has 0 radical (unpaired) electrons. The first kappa shape index (κ1) is 13.8. The minimum Gasteiger partial charge on any atom is -0.380 e. The van der Waals surface area contributed by atoms with E-state index in [-0.39, 0.29) is 6.10 Å². The molecule has 1 N–H and O–H groups in total. The van der Waals surface area contributed by atoms with Crippen LogP contribution in [0.3, 0.4) is 0 Å². The van der Waals surface area contributed by atoms with Crippen LogP contribution in [0.25, 0.3) is 0 Å². The van der Waals surface area contributed by atoms with Gasteiger partial charge in [0, 0.05) is 5.54 Å². The van der Waals surface area contributed by atoms with Crippen LogP contribution in [0.15, 0.2) is 0 Å². The van der Waals surface area contributed by atoms with Gasteiger partial charge in [-0.3, -0.25) is 0 Å². The van der Waals surface area contributed by atoms with E-state index in [4.69, 9.17) is 0 Å². The summed E-state index contributed by atoms with van der Waals surface area (Å²) in [4.78, 5) is 0. The molecule has 0 saturated heterocycles. The topological polar surface area (TPSA) is 20.2 Å². The Bertz CT molecular complexity index is 263. The zero-order chi connectivity index (χ0) is 12.2. The highest BCUT2D eigenvalue weighted by atomic mass is 28.3. The summed E-state index contributed by atoms with van der Waals surface area (Å²) in [5.74, 6) is 6.82. The number of hydrogen-bond acceptors (Lipinski definition) is 1. The van der Waals surface area contributed by atoms with Gasteiger partial charge in [-0.1, -0.05) is 51.7 Å². The summed E-state index contributed by atoms with van der Waals surface area (Å²) in [5, 5.41) is 10.0. The molecule has 1 saturated carbocycles. The van der Waals surface area contributed by atoms with Gasteiger partial charge in [0.15, 0.2) is 0 Å². The highest BCUT2D eigenvalue weighted by Gasteiger charge is 2.22. The van der Waals surface area contributed by atoms with Crippen molar-refractivity contribution in [3.8, 4) is 11.8 Å². The van der Waals surface area contributed by atoms with Gasteiger partial charge in [-0.2, -0.15) is 0 Å². The van der Waals surface area contributed by atoms with Crippen molar-refractivity contribution in [3.05, 3.63) is 0 Å². The third kappa shape index (κ3) is 4.31. The fourth-order valence-corrected chi connectivity index (χ4v) is 2.51. The van der Waals surface area contributed by atoms with Crippen LogP contribution < -0.4 is 0 Å². The first-order valence-corrected chi connectivity index (χ1v) is 10.2. The van der Waals surface area contributed by atoms with E-state index in [1.54, 1.807) is 0 Å². The average Bonchev–Trinajstić information content (AvgIpc) is 2.25. The lowest BCUT2D eigenvalue weighted by Gasteiger charge is -2.24. The monoisotopic (exact) mass is 238 g/mol. The molecule has 0 amide bonds. The Morgan fingerprint density at radius 1 is 1.06 bits per heavy atom. The Morgan fingerprint density at radius 3 is 2.12 bits per heavy atom. The van der Waals surface area contributed by atoms with Crippen LogP contribution in [0.1, 0.15) is 39.0 Å². The maximum Gasteiger partial charge on any atom is 0.117 e. The standard InChI is InChI=1S/C14H26OSi/c1-12(16(2,3)4)10-11-14(15)13-8-6-5-7-9-13/h12-15H,5-9H2,1-4H3. The second kappa shape index (κ2) is 5.89. The number of rotatable bonds is 2. The summed E-state index contributed by atoms with van der Waals surface area (Å²) < 4.78 is 0. The molecule has 92 valence electrons. The Morgan fingerprint density at radius 2 is 1.62 bits per heavy atom. The summed E-state index contributed by atoms with van der Waals surface area (Å²) in [5.41, 5.74) is 0.478. The largest absolute Gasteiger partial charge is 0.380 e. The van der Waals surface area contributed by atoms with Crippen molar-refractivity contribution in [2.45, 2.75) is 70.3 Å². The minimum absolute atomic E-state index is 0.376. The third-order valence-corrected chi connectivity index (χ3v) is 6.59. The van der Waals surface area contributed by atoms with Crippen LogP contribution >= 0.6 is 0 Å². The number of aliphatic hydroxyl groups is 1. The van der Waals surface area contributed by atoms with Crippen LogP contribution in [-0.2, 0) is 0 Å². The Kier molecular flexibility index (Phi) is 5.08. The van der Waals surface area contributed by atoms with E-state index in [0.717, 1.165) is 12.8 Å². The van der Waals surface area contributed by atoms with Gasteiger partial charge in [0.2, 0.25) is 0 Å². The molecule has 1 nitrogen and oxygen atoms in total. The second-order valence-corrected chi connectivity index (χ2v) is 11.8. The molecule has 1 aliphatic rings. The highest BCUT2D eigenvalue weighted by Crippen LogP contribution is 2.26. The molecule has 0 spiro atoms. The van der Waals surface area contributed by atoms with E-state index in [2.05, 4.69) is 38.4 Å². The normalized spacial score (nSPS) is 22.1. The molecule has 1 fully saturated rings. The van der Waals surface area contributed by atoms with E-state index < -0.39 is 8.07 Å². The Labute approximate surface area is 102 Å². The second-order valence-electron chi connectivity index (χ2n) is 6.22. The van der Waals surface area contributed by atoms with Crippen LogP contribution in [0.2, 0.25) is 25.2 Å². The van der Waals surface area contributed by atoms with Gasteiger partial charge in [0.05, 0.1) is 8.07 Å². The summed E-state index contributed by atoms with van der Waals surface area (Å²) in [6.45, 7) is 9.20. The zero-order valence-electron chi connectivity index (χ0n) is 11.2. The molecule has 0 aromatic heterocycles. The molecule has 16 heavy (non-hydrogen) atoms. The molecule has 0 bridgehead atoms. The quantitative estimate of drug-likeness (QED) is 0.575. The van der Waals surface area contributed by atoms with Crippen molar-refractivity contribution >= 4 is 8.07 Å². The molecule has 0 aromatic carbocycles. The van der Waals surface area contributed by atoms with Crippen LogP contribution in [0.5, 0.6) is 0 Å². The fourth-order valence-electron chi connectivity index (χ4n) is 1.99. The van der Waals surface area contributed by atoms with E-state index in [1.165, 1.54) is 19.3 Å². The van der Waals surface area contributed by atoms with Crippen molar-refractivity contribution in [2.24, 2.45) is 5.92 Å². The zero-order valence-corrected chi connectivity index (χ0v) is 12.2. The summed E-state index contributed by atoms with van der Waals surface area (Å²) in [6.07, 6.45) is 5.83. The van der Waals surface area contributed by atoms with Crippen LogP contribution in [-0.4, -0.2) is 19.3 Å². The SMILES string of the molecule is CC(C#CC(O)C1CCCCC1)[Si](C)(C)C. The smallest absolute Gasteiger partial charge is 0.117 e. The van der Waals surface area contributed by atoms with Crippen molar-refractivity contribution in [1.29, 1.82) is 0 Å². The molecule has 1 aliphatic carbocycles. The van der Waals surface area contributed by atoms with E-state index in [0.29, 0.717) is 11.5 Å². The molecule has 0 heterocycles. The molecular formula is C14H26OSi. The van der Waals surface area contributed by atoms with Gasteiger partial charge in [-0.15, -0.1) is 5.92 Å². The Hall–Kier alpha value is -0.263. The molecule has 0 aliphatic heterocycles. The summed E-state index contributed by atoms with van der Waals surface area (Å²) in [7, 11) is -1.16. The predicted molar refractivity (Wildman–Crippen MR) is 73.1 cm³/mol. The predicted octanol–water partition coefficient (Wildman–Crippen LogP) is 3.66. The summed E-state index contributed by atoms with van der Waals surface area (Å²) >= 11 is 0. The first-order valence-electron chi connectivity index (χ1n) is 6.60. The van der Waals surface area contributed by atoms with Gasteiger partial charge >= 0.3 is 0 Å². The van der Waals surface area contributed by atoms with Crippen LogP contribution in [0.4, 0.5) is 0 Å². The van der Waals surface area contributed by atoms with Crippen molar-refractivity contribution in [3.63, 3.8) is 0 Å². The van der Waals surface area contributed by atoms with E-state index in [9.17, 15) is 5.11 Å². The number of hydrogen-bond donors (Lipinski definition) is 1. The maximum atomic E-state index is 10.0. The van der Waals surface area contributed by atoms with Crippen LogP contribution in [0, 0.1) is 17.8 Å². The lowest BCUT2D eigenvalue weighted by atomic mass is 9.85. The molecule has 0 aromatic rings. The average molecular weight is 238 g/mol. The molecule has 2 heteroatoms. The highest BCUT2D eigenvalue weighted by molar-refractivity contribution is 6.78. The Balaban J connectivity index is 2.49. The van der Waals surface area contributed by atoms with Crippen molar-refractivity contribution in [1.82, 2.24) is 0 Å². The van der Waals surface area contributed by atoms with Crippen molar-refractivity contribution < 1.29 is 5.11 Å². The minimum atomic E-state index is -1.16. The van der Waals surface area contributed by atoms with Gasteiger partial charge in [-0.05, 0) is 18.8 Å². The van der Waals surface area contributed by atoms with Gasteiger partial charge in [0.25, 0.3) is 0 Å². The lowest BCUT2D eigenvalue weighted by Crippen LogP contribution is -2.26. The summed E-state index contributed by atoms with van der Waals surface area (Å²) in [6, 6.07) is 0. The van der Waals surface area contributed by atoms with Gasteiger partial charge < -0.3 is 5.11 Å². The van der Waals surface area contributed by atoms with E-state index >= 15 is 0 Å². The lowest BCUT2D eigenvalue weighted by molar-refractivity contribution is 0.133. The molecular weight excluding hydrogens is 212 g/mol. The van der Waals surface area contributed by atoms with Crippen molar-refractivity contribution in [2.75, 3.05) is 0 Å². The third-order valence-electron chi connectivity index (χ3n) is 3.84. The maximum absolute atomic E-state index is 10.0. The first-order chi connectivity index (χ1) is 7.41. The molecule has 2 atom stereocenters.